The summed E-state index contributed by atoms with van der Waals surface area (Å²) in [6, 6.07) is 13.7. The molecule has 6 nitrogen and oxygen atoms in total. The number of carbonyl (C=O) groups excluding carboxylic acids is 2. The largest absolute Gasteiger partial charge is 0.315 e. The molecule has 1 saturated heterocycles. The van der Waals surface area contributed by atoms with Crippen LogP contribution in [-0.2, 0) is 14.8 Å². The second kappa shape index (κ2) is 8.47. The minimum Gasteiger partial charge on any atom is -0.315 e. The van der Waals surface area contributed by atoms with Crippen LogP contribution in [-0.4, -0.2) is 44.6 Å². The van der Waals surface area contributed by atoms with Crippen molar-refractivity contribution in [2.24, 2.45) is 5.92 Å². The molecule has 0 aliphatic carbocycles. The maximum Gasteiger partial charge on any atom is 0.243 e. The number of piperidine rings is 1. The molecule has 1 heterocycles. The third-order valence-electron chi connectivity index (χ3n) is 5.45. The number of Topliss-reactive ketones (excluding diaryl/α,β-unsaturated/α-hetero) is 1. The number of hydrogen-bond donors (Lipinski definition) is 0. The number of ketones is 1. The van der Waals surface area contributed by atoms with E-state index < -0.39 is 10.0 Å². The molecule has 1 fully saturated rings. The van der Waals surface area contributed by atoms with Crippen molar-refractivity contribution in [3.8, 4) is 0 Å². The van der Waals surface area contributed by atoms with Gasteiger partial charge in [-0.15, -0.1) is 0 Å². The molecule has 2 aromatic rings. The van der Waals surface area contributed by atoms with Gasteiger partial charge in [0.1, 0.15) is 0 Å². The molecule has 7 heteroatoms. The predicted molar refractivity (Wildman–Crippen MR) is 113 cm³/mol. The number of amides is 1. The molecule has 1 aliphatic heterocycles. The Morgan fingerprint density at radius 1 is 0.966 bits per heavy atom. The predicted octanol–water partition coefficient (Wildman–Crippen LogP) is 3.26. The van der Waals surface area contributed by atoms with Crippen LogP contribution in [0.25, 0.3) is 0 Å². The van der Waals surface area contributed by atoms with Gasteiger partial charge in [-0.3, -0.25) is 9.59 Å². The molecule has 1 aliphatic rings. The molecule has 0 atom stereocenters. The molecule has 0 aromatic heterocycles. The molecule has 0 N–H and O–H groups in total. The molecular weight excluding hydrogens is 388 g/mol. The number of hydrogen-bond acceptors (Lipinski definition) is 4. The number of benzene rings is 2. The Bertz CT molecular complexity index is 990. The van der Waals surface area contributed by atoms with E-state index in [1.807, 2.05) is 31.2 Å². The summed E-state index contributed by atoms with van der Waals surface area (Å²) in [5.74, 6) is -0.296. The topological polar surface area (TPSA) is 74.8 Å². The Kier molecular flexibility index (Phi) is 6.19. The first kappa shape index (κ1) is 21.2. The van der Waals surface area contributed by atoms with Gasteiger partial charge >= 0.3 is 0 Å². The normalized spacial score (nSPS) is 15.8. The highest BCUT2D eigenvalue weighted by molar-refractivity contribution is 7.89. The van der Waals surface area contributed by atoms with Crippen LogP contribution in [0.15, 0.2) is 53.4 Å². The van der Waals surface area contributed by atoms with Crippen LogP contribution < -0.4 is 4.90 Å². The molecule has 1 amide bonds. The third kappa shape index (κ3) is 4.57. The lowest BCUT2D eigenvalue weighted by Crippen LogP contribution is -2.43. The Morgan fingerprint density at radius 3 is 2.03 bits per heavy atom. The lowest BCUT2D eigenvalue weighted by molar-refractivity contribution is -0.123. The zero-order valence-corrected chi connectivity index (χ0v) is 17.8. The first-order valence-electron chi connectivity index (χ1n) is 9.65. The van der Waals surface area contributed by atoms with Gasteiger partial charge in [-0.05, 0) is 51.0 Å². The van der Waals surface area contributed by atoms with Gasteiger partial charge in [-0.1, -0.05) is 29.8 Å². The number of sulfonamides is 1. The van der Waals surface area contributed by atoms with Crippen molar-refractivity contribution in [1.29, 1.82) is 0 Å². The van der Waals surface area contributed by atoms with Gasteiger partial charge in [0.05, 0.1) is 4.90 Å². The molecule has 0 unspecified atom stereocenters. The van der Waals surface area contributed by atoms with Crippen molar-refractivity contribution in [2.75, 3.05) is 25.0 Å². The summed E-state index contributed by atoms with van der Waals surface area (Å²) in [5.41, 5.74) is 2.44. The number of rotatable bonds is 5. The van der Waals surface area contributed by atoms with Crippen LogP contribution in [0.2, 0.25) is 0 Å². The van der Waals surface area contributed by atoms with E-state index in [4.69, 9.17) is 0 Å². The summed E-state index contributed by atoms with van der Waals surface area (Å²) in [5, 5.41) is 0. The smallest absolute Gasteiger partial charge is 0.243 e. The van der Waals surface area contributed by atoms with Crippen molar-refractivity contribution in [3.63, 3.8) is 0 Å². The second-order valence-corrected chi connectivity index (χ2v) is 9.43. The lowest BCUT2D eigenvalue weighted by atomic mass is 9.96. The Labute approximate surface area is 172 Å². The summed E-state index contributed by atoms with van der Waals surface area (Å²) in [6.07, 6.45) is 0.972. The van der Waals surface area contributed by atoms with Gasteiger partial charge in [0.2, 0.25) is 15.9 Å². The summed E-state index contributed by atoms with van der Waals surface area (Å²) in [7, 11) is -1.88. The zero-order valence-electron chi connectivity index (χ0n) is 17.0. The monoisotopic (exact) mass is 414 g/mol. The molecule has 3 rings (SSSR count). The molecule has 0 saturated carbocycles. The van der Waals surface area contributed by atoms with E-state index >= 15 is 0 Å². The number of nitrogens with zero attached hydrogens (tertiary/aromatic N) is 2. The Hall–Kier alpha value is -2.51. The van der Waals surface area contributed by atoms with E-state index in [0.717, 1.165) is 11.3 Å². The molecule has 2 aromatic carbocycles. The van der Waals surface area contributed by atoms with Crippen LogP contribution in [0.3, 0.4) is 0 Å². The molecule has 29 heavy (non-hydrogen) atoms. The van der Waals surface area contributed by atoms with Crippen molar-refractivity contribution < 1.29 is 18.0 Å². The van der Waals surface area contributed by atoms with Crippen LogP contribution in [0.4, 0.5) is 5.69 Å². The standard InChI is InChI=1S/C22H26N2O4S/c1-16-4-8-20(9-5-16)23(3)22(26)19-12-14-24(15-13-19)29(27,28)21-10-6-18(7-11-21)17(2)25/h4-11,19H,12-15H2,1-3H3. The molecule has 0 spiro atoms. The van der Waals surface area contributed by atoms with Gasteiger partial charge < -0.3 is 4.90 Å². The molecular formula is C22H26N2O4S. The van der Waals surface area contributed by atoms with Gasteiger partial charge in [-0.25, -0.2) is 8.42 Å². The average molecular weight is 415 g/mol. The molecule has 154 valence electrons. The fourth-order valence-electron chi connectivity index (χ4n) is 3.52. The van der Waals surface area contributed by atoms with Gasteiger partial charge in [0, 0.05) is 37.3 Å². The first-order chi connectivity index (χ1) is 13.7. The highest BCUT2D eigenvalue weighted by atomic mass is 32.2. The van der Waals surface area contributed by atoms with Crippen LogP contribution in [0.1, 0.15) is 35.7 Å². The van der Waals surface area contributed by atoms with Gasteiger partial charge in [0.15, 0.2) is 5.78 Å². The fourth-order valence-corrected chi connectivity index (χ4v) is 4.99. The minimum absolute atomic E-state index is 0.0108. The van der Waals surface area contributed by atoms with Crippen LogP contribution >= 0.6 is 0 Å². The minimum atomic E-state index is -3.63. The quantitative estimate of drug-likeness (QED) is 0.704. The van der Waals surface area contributed by atoms with E-state index in [1.165, 1.54) is 35.5 Å². The van der Waals surface area contributed by atoms with Crippen molar-refractivity contribution >= 4 is 27.4 Å². The Morgan fingerprint density at radius 2 is 1.52 bits per heavy atom. The highest BCUT2D eigenvalue weighted by Gasteiger charge is 2.33. The summed E-state index contributed by atoms with van der Waals surface area (Å²) >= 11 is 0. The Balaban J connectivity index is 1.65. The maximum absolute atomic E-state index is 12.9. The average Bonchev–Trinajstić information content (AvgIpc) is 2.73. The van der Waals surface area contributed by atoms with Crippen molar-refractivity contribution in [2.45, 2.75) is 31.6 Å². The zero-order chi connectivity index (χ0) is 21.2. The molecule has 0 bridgehead atoms. The van der Waals surface area contributed by atoms with Crippen LogP contribution in [0, 0.1) is 12.8 Å². The summed E-state index contributed by atoms with van der Waals surface area (Å²) in [6.45, 7) is 4.04. The van der Waals surface area contributed by atoms with Gasteiger partial charge in [0.25, 0.3) is 0 Å². The van der Waals surface area contributed by atoms with E-state index in [1.54, 1.807) is 11.9 Å². The van der Waals surface area contributed by atoms with E-state index in [9.17, 15) is 18.0 Å². The third-order valence-corrected chi connectivity index (χ3v) is 7.37. The molecule has 0 radical (unpaired) electrons. The highest BCUT2D eigenvalue weighted by Crippen LogP contribution is 2.26. The summed E-state index contributed by atoms with van der Waals surface area (Å²) in [4.78, 5) is 26.0. The first-order valence-corrected chi connectivity index (χ1v) is 11.1. The van der Waals surface area contributed by atoms with E-state index in [-0.39, 0.29) is 22.5 Å². The SMILES string of the molecule is CC(=O)c1ccc(S(=O)(=O)N2CCC(C(=O)N(C)c3ccc(C)cc3)CC2)cc1. The maximum atomic E-state index is 12.9. The lowest BCUT2D eigenvalue weighted by Gasteiger charge is -2.32. The fraction of sp³-hybridized carbons (Fsp3) is 0.364. The van der Waals surface area contributed by atoms with Crippen LogP contribution in [0.5, 0.6) is 0 Å². The van der Waals surface area contributed by atoms with Gasteiger partial charge in [-0.2, -0.15) is 4.31 Å². The van der Waals surface area contributed by atoms with E-state index in [0.29, 0.717) is 31.5 Å². The second-order valence-electron chi connectivity index (χ2n) is 7.49. The number of anilines is 1. The number of aryl methyl sites for hydroxylation is 1. The van der Waals surface area contributed by atoms with Crippen molar-refractivity contribution in [1.82, 2.24) is 4.31 Å². The van der Waals surface area contributed by atoms with E-state index in [2.05, 4.69) is 0 Å². The summed E-state index contributed by atoms with van der Waals surface area (Å²) < 4.78 is 27.2. The number of carbonyl (C=O) groups is 2. The van der Waals surface area contributed by atoms with Crippen molar-refractivity contribution in [3.05, 3.63) is 59.7 Å².